The SMILES string of the molecule is CC(CCNc1ccc(Br)cc1Cl)c1ccccc1. The van der Waals surface area contributed by atoms with Gasteiger partial charge in [0.05, 0.1) is 10.7 Å². The second-order valence-electron chi connectivity index (χ2n) is 4.65. The van der Waals surface area contributed by atoms with Gasteiger partial charge in [0.1, 0.15) is 0 Å². The van der Waals surface area contributed by atoms with Crippen LogP contribution in [0.15, 0.2) is 53.0 Å². The van der Waals surface area contributed by atoms with Crippen molar-refractivity contribution in [3.05, 3.63) is 63.6 Å². The van der Waals surface area contributed by atoms with Gasteiger partial charge in [0.15, 0.2) is 0 Å². The van der Waals surface area contributed by atoms with Gasteiger partial charge in [0.25, 0.3) is 0 Å². The first kappa shape index (κ1) is 14.4. The van der Waals surface area contributed by atoms with Crippen LogP contribution in [-0.4, -0.2) is 6.54 Å². The van der Waals surface area contributed by atoms with Crippen LogP contribution < -0.4 is 5.32 Å². The molecule has 0 heterocycles. The van der Waals surface area contributed by atoms with Crippen LogP contribution in [0.4, 0.5) is 5.69 Å². The Bertz CT molecular complexity index is 528. The molecular weight excluding hydrogens is 322 g/mol. The number of hydrogen-bond donors (Lipinski definition) is 1. The molecule has 0 bridgehead atoms. The predicted octanol–water partition coefficient (Wildman–Crippen LogP) is 5.71. The average molecular weight is 339 g/mol. The quantitative estimate of drug-likeness (QED) is 0.736. The molecule has 0 amide bonds. The lowest BCUT2D eigenvalue weighted by molar-refractivity contribution is 0.706. The maximum atomic E-state index is 6.17. The molecule has 2 aromatic carbocycles. The van der Waals surface area contributed by atoms with Crippen LogP contribution in [-0.2, 0) is 0 Å². The molecule has 0 aliphatic carbocycles. The largest absolute Gasteiger partial charge is 0.384 e. The summed E-state index contributed by atoms with van der Waals surface area (Å²) in [7, 11) is 0. The molecule has 100 valence electrons. The predicted molar refractivity (Wildman–Crippen MR) is 87.1 cm³/mol. The van der Waals surface area contributed by atoms with Crippen molar-refractivity contribution in [3.63, 3.8) is 0 Å². The summed E-state index contributed by atoms with van der Waals surface area (Å²) in [6.45, 7) is 3.16. The maximum absolute atomic E-state index is 6.17. The zero-order chi connectivity index (χ0) is 13.7. The van der Waals surface area contributed by atoms with Crippen molar-refractivity contribution >= 4 is 33.2 Å². The van der Waals surface area contributed by atoms with E-state index in [1.807, 2.05) is 18.2 Å². The van der Waals surface area contributed by atoms with Crippen LogP contribution in [0.1, 0.15) is 24.8 Å². The molecule has 0 saturated carbocycles. The Balaban J connectivity index is 1.86. The summed E-state index contributed by atoms with van der Waals surface area (Å²) in [6.07, 6.45) is 1.08. The lowest BCUT2D eigenvalue weighted by atomic mass is 9.98. The standard InChI is InChI=1S/C16H17BrClN/c1-12(13-5-3-2-4-6-13)9-10-19-16-8-7-14(17)11-15(16)18/h2-8,11-12,19H,9-10H2,1H3. The van der Waals surface area contributed by atoms with Crippen molar-refractivity contribution in [2.24, 2.45) is 0 Å². The van der Waals surface area contributed by atoms with E-state index in [4.69, 9.17) is 11.6 Å². The molecular formula is C16H17BrClN. The molecule has 0 aliphatic rings. The average Bonchev–Trinajstić information content (AvgIpc) is 2.42. The zero-order valence-corrected chi connectivity index (χ0v) is 13.2. The van der Waals surface area contributed by atoms with Crippen molar-refractivity contribution in [2.45, 2.75) is 19.3 Å². The second kappa shape index (κ2) is 6.97. The van der Waals surface area contributed by atoms with Crippen molar-refractivity contribution in [1.82, 2.24) is 0 Å². The number of rotatable bonds is 5. The van der Waals surface area contributed by atoms with E-state index in [1.54, 1.807) is 0 Å². The third-order valence-electron chi connectivity index (χ3n) is 3.19. The highest BCUT2D eigenvalue weighted by molar-refractivity contribution is 9.10. The number of halogens is 2. The smallest absolute Gasteiger partial charge is 0.0648 e. The van der Waals surface area contributed by atoms with Crippen LogP contribution in [0.3, 0.4) is 0 Å². The second-order valence-corrected chi connectivity index (χ2v) is 5.97. The Morgan fingerprint density at radius 1 is 1.16 bits per heavy atom. The van der Waals surface area contributed by atoms with Gasteiger partial charge in [-0.2, -0.15) is 0 Å². The Labute approximate surface area is 128 Å². The number of benzene rings is 2. The van der Waals surface area contributed by atoms with Crippen molar-refractivity contribution in [2.75, 3.05) is 11.9 Å². The van der Waals surface area contributed by atoms with E-state index < -0.39 is 0 Å². The fourth-order valence-corrected chi connectivity index (χ4v) is 2.74. The molecule has 2 aromatic rings. The van der Waals surface area contributed by atoms with Gasteiger partial charge in [-0.25, -0.2) is 0 Å². The molecule has 1 N–H and O–H groups in total. The maximum Gasteiger partial charge on any atom is 0.0648 e. The fourth-order valence-electron chi connectivity index (χ4n) is 2.00. The molecule has 19 heavy (non-hydrogen) atoms. The molecule has 0 radical (unpaired) electrons. The van der Waals surface area contributed by atoms with E-state index in [0.29, 0.717) is 5.92 Å². The minimum Gasteiger partial charge on any atom is -0.384 e. The molecule has 0 spiro atoms. The summed E-state index contributed by atoms with van der Waals surface area (Å²) in [5, 5.41) is 4.14. The molecule has 0 aromatic heterocycles. The summed E-state index contributed by atoms with van der Waals surface area (Å²) in [4.78, 5) is 0. The monoisotopic (exact) mass is 337 g/mol. The minimum atomic E-state index is 0.544. The van der Waals surface area contributed by atoms with Crippen LogP contribution >= 0.6 is 27.5 Å². The molecule has 0 saturated heterocycles. The number of nitrogens with one attached hydrogen (secondary N) is 1. The summed E-state index contributed by atoms with van der Waals surface area (Å²) in [5.74, 6) is 0.544. The topological polar surface area (TPSA) is 12.0 Å². The molecule has 0 fully saturated rings. The highest BCUT2D eigenvalue weighted by atomic mass is 79.9. The van der Waals surface area contributed by atoms with Gasteiger partial charge in [-0.15, -0.1) is 0 Å². The first-order chi connectivity index (χ1) is 9.16. The summed E-state index contributed by atoms with van der Waals surface area (Å²) >= 11 is 9.58. The van der Waals surface area contributed by atoms with Crippen molar-refractivity contribution < 1.29 is 0 Å². The zero-order valence-electron chi connectivity index (χ0n) is 10.9. The Morgan fingerprint density at radius 2 is 1.89 bits per heavy atom. The van der Waals surface area contributed by atoms with Gasteiger partial charge in [0, 0.05) is 11.0 Å². The Morgan fingerprint density at radius 3 is 2.58 bits per heavy atom. The van der Waals surface area contributed by atoms with E-state index in [0.717, 1.165) is 28.1 Å². The van der Waals surface area contributed by atoms with Gasteiger partial charge in [0.2, 0.25) is 0 Å². The van der Waals surface area contributed by atoms with Gasteiger partial charge in [-0.3, -0.25) is 0 Å². The van der Waals surface area contributed by atoms with Crippen molar-refractivity contribution in [1.29, 1.82) is 0 Å². The first-order valence-electron chi connectivity index (χ1n) is 6.40. The molecule has 1 atom stereocenters. The summed E-state index contributed by atoms with van der Waals surface area (Å²) in [6, 6.07) is 16.5. The normalized spacial score (nSPS) is 12.2. The Hall–Kier alpha value is -0.990. The van der Waals surface area contributed by atoms with Gasteiger partial charge >= 0.3 is 0 Å². The lowest BCUT2D eigenvalue weighted by Gasteiger charge is -2.14. The molecule has 3 heteroatoms. The summed E-state index contributed by atoms with van der Waals surface area (Å²) in [5.41, 5.74) is 2.37. The van der Waals surface area contributed by atoms with E-state index in [2.05, 4.69) is 58.5 Å². The van der Waals surface area contributed by atoms with E-state index in [1.165, 1.54) is 5.56 Å². The summed E-state index contributed by atoms with van der Waals surface area (Å²) < 4.78 is 1.00. The van der Waals surface area contributed by atoms with Crippen LogP contribution in [0.25, 0.3) is 0 Å². The van der Waals surface area contributed by atoms with Crippen LogP contribution in [0, 0.1) is 0 Å². The van der Waals surface area contributed by atoms with Crippen LogP contribution in [0.2, 0.25) is 5.02 Å². The highest BCUT2D eigenvalue weighted by Gasteiger charge is 2.05. The third kappa shape index (κ3) is 4.26. The van der Waals surface area contributed by atoms with Gasteiger partial charge in [-0.1, -0.05) is 64.8 Å². The van der Waals surface area contributed by atoms with Gasteiger partial charge in [-0.05, 0) is 36.1 Å². The first-order valence-corrected chi connectivity index (χ1v) is 7.58. The van der Waals surface area contributed by atoms with Crippen LogP contribution in [0.5, 0.6) is 0 Å². The molecule has 2 rings (SSSR count). The van der Waals surface area contributed by atoms with Crippen molar-refractivity contribution in [3.8, 4) is 0 Å². The molecule has 0 aliphatic heterocycles. The molecule has 1 unspecified atom stereocenters. The number of hydrogen-bond acceptors (Lipinski definition) is 1. The number of anilines is 1. The lowest BCUT2D eigenvalue weighted by Crippen LogP contribution is -2.06. The highest BCUT2D eigenvalue weighted by Crippen LogP contribution is 2.26. The fraction of sp³-hybridized carbons (Fsp3) is 0.250. The third-order valence-corrected chi connectivity index (χ3v) is 4.00. The van der Waals surface area contributed by atoms with Gasteiger partial charge < -0.3 is 5.32 Å². The van der Waals surface area contributed by atoms with E-state index in [9.17, 15) is 0 Å². The molecule has 1 nitrogen and oxygen atoms in total. The van der Waals surface area contributed by atoms with E-state index >= 15 is 0 Å². The van der Waals surface area contributed by atoms with E-state index in [-0.39, 0.29) is 0 Å². The minimum absolute atomic E-state index is 0.544. The Kier molecular flexibility index (Phi) is 5.29.